The monoisotopic (exact) mass is 250 g/mol. The van der Waals surface area contributed by atoms with Crippen molar-refractivity contribution in [2.45, 2.75) is 0 Å². The van der Waals surface area contributed by atoms with E-state index in [0.717, 1.165) is 0 Å². The van der Waals surface area contributed by atoms with Crippen molar-refractivity contribution in [3.63, 3.8) is 0 Å². The van der Waals surface area contributed by atoms with Crippen molar-refractivity contribution >= 4 is 17.3 Å². The first-order valence-corrected chi connectivity index (χ1v) is 5.07. The minimum atomic E-state index is -0.471. The van der Waals surface area contributed by atoms with E-state index in [4.69, 9.17) is 16.3 Å². The molecule has 0 saturated carbocycles. The SMILES string of the molecule is O=[N+]([O-])c1ccc(Oc2cccnc2Cl)cc1. The fraction of sp³-hybridized carbons (Fsp3) is 0. The van der Waals surface area contributed by atoms with Gasteiger partial charge in [0.2, 0.25) is 0 Å². The van der Waals surface area contributed by atoms with Gasteiger partial charge in [0.15, 0.2) is 10.9 Å². The van der Waals surface area contributed by atoms with Gasteiger partial charge in [0.05, 0.1) is 4.92 Å². The van der Waals surface area contributed by atoms with Crippen LogP contribution in [0.5, 0.6) is 11.5 Å². The molecule has 86 valence electrons. The molecule has 2 rings (SSSR count). The molecule has 0 unspecified atom stereocenters. The van der Waals surface area contributed by atoms with Gasteiger partial charge < -0.3 is 4.74 Å². The summed E-state index contributed by atoms with van der Waals surface area (Å²) in [5, 5.41) is 10.7. The number of hydrogen-bond donors (Lipinski definition) is 0. The lowest BCUT2D eigenvalue weighted by atomic mass is 10.3. The molecule has 0 aliphatic heterocycles. The van der Waals surface area contributed by atoms with E-state index in [2.05, 4.69) is 4.98 Å². The van der Waals surface area contributed by atoms with Crippen molar-refractivity contribution in [1.82, 2.24) is 4.98 Å². The predicted octanol–water partition coefficient (Wildman–Crippen LogP) is 3.44. The van der Waals surface area contributed by atoms with E-state index in [0.29, 0.717) is 11.5 Å². The third-order valence-corrected chi connectivity index (χ3v) is 2.28. The third-order valence-electron chi connectivity index (χ3n) is 2.00. The molecule has 0 N–H and O–H groups in total. The van der Waals surface area contributed by atoms with Gasteiger partial charge in [-0.3, -0.25) is 10.1 Å². The van der Waals surface area contributed by atoms with E-state index in [1.54, 1.807) is 18.3 Å². The van der Waals surface area contributed by atoms with Crippen molar-refractivity contribution in [1.29, 1.82) is 0 Å². The predicted molar refractivity (Wildman–Crippen MR) is 62.4 cm³/mol. The molecular weight excluding hydrogens is 244 g/mol. The molecule has 0 aliphatic carbocycles. The van der Waals surface area contributed by atoms with Crippen LogP contribution in [0.4, 0.5) is 5.69 Å². The number of nitrogens with zero attached hydrogens (tertiary/aromatic N) is 2. The molecule has 0 aliphatic rings. The Morgan fingerprint density at radius 1 is 1.24 bits per heavy atom. The summed E-state index contributed by atoms with van der Waals surface area (Å²) in [5.41, 5.74) is 0.00892. The number of halogens is 1. The maximum Gasteiger partial charge on any atom is 0.269 e. The van der Waals surface area contributed by atoms with Crippen molar-refractivity contribution < 1.29 is 9.66 Å². The molecule has 2 aromatic rings. The molecule has 1 aromatic heterocycles. The van der Waals surface area contributed by atoms with Crippen molar-refractivity contribution in [2.24, 2.45) is 0 Å². The Balaban J connectivity index is 2.20. The zero-order chi connectivity index (χ0) is 12.3. The highest BCUT2D eigenvalue weighted by Crippen LogP contribution is 2.27. The van der Waals surface area contributed by atoms with E-state index in [1.165, 1.54) is 24.3 Å². The number of nitro benzene ring substituents is 1. The first-order valence-electron chi connectivity index (χ1n) is 4.69. The molecule has 0 saturated heterocycles. The summed E-state index contributed by atoms with van der Waals surface area (Å²) < 4.78 is 5.43. The summed E-state index contributed by atoms with van der Waals surface area (Å²) in [6.07, 6.45) is 1.55. The smallest absolute Gasteiger partial charge is 0.269 e. The van der Waals surface area contributed by atoms with Crippen LogP contribution in [-0.4, -0.2) is 9.91 Å². The molecule has 0 bridgehead atoms. The van der Waals surface area contributed by atoms with E-state index in [1.807, 2.05) is 0 Å². The molecule has 5 nitrogen and oxygen atoms in total. The molecule has 0 atom stereocenters. The third kappa shape index (κ3) is 2.70. The van der Waals surface area contributed by atoms with Crippen LogP contribution in [0.15, 0.2) is 42.6 Å². The number of non-ortho nitro benzene ring substituents is 1. The Kier molecular flexibility index (Phi) is 3.20. The van der Waals surface area contributed by atoms with E-state index in [9.17, 15) is 10.1 Å². The Hall–Kier alpha value is -2.14. The zero-order valence-corrected chi connectivity index (χ0v) is 9.29. The van der Waals surface area contributed by atoms with Crippen LogP contribution in [0.1, 0.15) is 0 Å². The van der Waals surface area contributed by atoms with Gasteiger partial charge in [-0.25, -0.2) is 4.98 Å². The summed E-state index contributed by atoms with van der Waals surface area (Å²) >= 11 is 5.81. The van der Waals surface area contributed by atoms with E-state index in [-0.39, 0.29) is 10.8 Å². The molecule has 0 spiro atoms. The summed E-state index contributed by atoms with van der Waals surface area (Å²) in [6, 6.07) is 9.07. The lowest BCUT2D eigenvalue weighted by Gasteiger charge is -2.05. The second kappa shape index (κ2) is 4.80. The highest BCUT2D eigenvalue weighted by Gasteiger charge is 2.06. The highest BCUT2D eigenvalue weighted by atomic mass is 35.5. The lowest BCUT2D eigenvalue weighted by Crippen LogP contribution is -1.89. The average Bonchev–Trinajstić information content (AvgIpc) is 2.33. The second-order valence-electron chi connectivity index (χ2n) is 3.15. The van der Waals surface area contributed by atoms with Gasteiger partial charge in [-0.15, -0.1) is 0 Å². The summed E-state index contributed by atoms with van der Waals surface area (Å²) in [6.45, 7) is 0. The average molecular weight is 251 g/mol. The topological polar surface area (TPSA) is 65.3 Å². The fourth-order valence-electron chi connectivity index (χ4n) is 1.21. The first kappa shape index (κ1) is 11.3. The van der Waals surface area contributed by atoms with Crippen LogP contribution >= 0.6 is 11.6 Å². The van der Waals surface area contributed by atoms with Gasteiger partial charge in [0.1, 0.15) is 5.75 Å². The number of hydrogen-bond acceptors (Lipinski definition) is 4. The minimum Gasteiger partial charge on any atom is -0.454 e. The van der Waals surface area contributed by atoms with Gasteiger partial charge in [-0.1, -0.05) is 11.6 Å². The van der Waals surface area contributed by atoms with Gasteiger partial charge >= 0.3 is 0 Å². The second-order valence-corrected chi connectivity index (χ2v) is 3.50. The molecule has 0 radical (unpaired) electrons. The Morgan fingerprint density at radius 3 is 2.53 bits per heavy atom. The van der Waals surface area contributed by atoms with Gasteiger partial charge in [-0.05, 0) is 24.3 Å². The van der Waals surface area contributed by atoms with Crippen LogP contribution in [-0.2, 0) is 0 Å². The molecule has 1 heterocycles. The van der Waals surface area contributed by atoms with Gasteiger partial charge in [0, 0.05) is 18.3 Å². The van der Waals surface area contributed by atoms with Crippen LogP contribution in [0.25, 0.3) is 0 Å². The molecule has 0 amide bonds. The molecule has 6 heteroatoms. The number of pyridine rings is 1. The van der Waals surface area contributed by atoms with E-state index < -0.39 is 4.92 Å². The van der Waals surface area contributed by atoms with Crippen molar-refractivity contribution in [3.8, 4) is 11.5 Å². The Labute approximate surface area is 102 Å². The first-order chi connectivity index (χ1) is 8.16. The summed E-state index contributed by atoms with van der Waals surface area (Å²) in [7, 11) is 0. The number of ether oxygens (including phenoxy) is 1. The molecule has 0 fully saturated rings. The molecule has 1 aromatic carbocycles. The summed E-state index contributed by atoms with van der Waals surface area (Å²) in [5.74, 6) is 0.869. The molecular formula is C11H7ClN2O3. The summed E-state index contributed by atoms with van der Waals surface area (Å²) in [4.78, 5) is 13.8. The van der Waals surface area contributed by atoms with E-state index >= 15 is 0 Å². The number of benzene rings is 1. The van der Waals surface area contributed by atoms with Gasteiger partial charge in [0.25, 0.3) is 5.69 Å². The fourth-order valence-corrected chi connectivity index (χ4v) is 1.37. The maximum absolute atomic E-state index is 10.5. The van der Waals surface area contributed by atoms with Crippen LogP contribution in [0.3, 0.4) is 0 Å². The standard InChI is InChI=1S/C11H7ClN2O3/c12-11-10(2-1-7-13-11)17-9-5-3-8(4-6-9)14(15)16/h1-7H. The van der Waals surface area contributed by atoms with Crippen LogP contribution in [0, 0.1) is 10.1 Å². The maximum atomic E-state index is 10.5. The Morgan fingerprint density at radius 2 is 1.94 bits per heavy atom. The van der Waals surface area contributed by atoms with Gasteiger partial charge in [-0.2, -0.15) is 0 Å². The van der Waals surface area contributed by atoms with Crippen molar-refractivity contribution in [2.75, 3.05) is 0 Å². The number of aromatic nitrogens is 1. The Bertz CT molecular complexity index is 543. The number of rotatable bonds is 3. The van der Waals surface area contributed by atoms with Crippen LogP contribution < -0.4 is 4.74 Å². The minimum absolute atomic E-state index is 0.00892. The lowest BCUT2D eigenvalue weighted by molar-refractivity contribution is -0.384. The highest BCUT2D eigenvalue weighted by molar-refractivity contribution is 6.30. The van der Waals surface area contributed by atoms with Crippen molar-refractivity contribution in [3.05, 3.63) is 57.9 Å². The zero-order valence-electron chi connectivity index (χ0n) is 8.54. The molecule has 17 heavy (non-hydrogen) atoms. The van der Waals surface area contributed by atoms with Crippen LogP contribution in [0.2, 0.25) is 5.15 Å². The quantitative estimate of drug-likeness (QED) is 0.475. The normalized spacial score (nSPS) is 9.94. The largest absolute Gasteiger partial charge is 0.454 e. The number of nitro groups is 1.